The Morgan fingerprint density at radius 2 is 2.50 bits per heavy atom. The Balaban J connectivity index is 2.38. The van der Waals surface area contributed by atoms with Crippen LogP contribution in [0.4, 0.5) is 11.5 Å². The van der Waals surface area contributed by atoms with E-state index in [1.807, 2.05) is 0 Å². The highest BCUT2D eigenvalue weighted by Crippen LogP contribution is 2.36. The van der Waals surface area contributed by atoms with Gasteiger partial charge < -0.3 is 15.8 Å². The predicted molar refractivity (Wildman–Crippen MR) is 63.8 cm³/mol. The minimum Gasteiger partial charge on any atom is -0.495 e. The van der Waals surface area contributed by atoms with E-state index in [2.05, 4.69) is 20.3 Å². The Hall–Kier alpha value is -2.11. The highest BCUT2D eigenvalue weighted by Gasteiger charge is 2.19. The number of hydrogen-bond donors (Lipinski definition) is 2. The number of anilines is 1. The summed E-state index contributed by atoms with van der Waals surface area (Å²) in [4.78, 5) is 12.0. The molecule has 84 valence electrons. The van der Waals surface area contributed by atoms with Crippen LogP contribution in [0.25, 0.3) is 0 Å². The van der Waals surface area contributed by atoms with Crippen LogP contribution in [0.5, 0.6) is 5.75 Å². The topological polar surface area (TPSA) is 84.9 Å². The van der Waals surface area contributed by atoms with E-state index in [4.69, 9.17) is 10.5 Å². The third-order valence-electron chi connectivity index (χ3n) is 2.36. The maximum Gasteiger partial charge on any atom is 0.177 e. The fraction of sp³-hybridized carbons (Fsp3) is 0.300. The van der Waals surface area contributed by atoms with E-state index < -0.39 is 0 Å². The van der Waals surface area contributed by atoms with Crippen LogP contribution in [0.15, 0.2) is 16.2 Å². The third-order valence-corrected chi connectivity index (χ3v) is 2.36. The number of nitrogens with zero attached hydrogens (tertiary/aromatic N) is 3. The monoisotopic (exact) mass is 219 g/mol. The lowest BCUT2D eigenvalue weighted by molar-refractivity contribution is 0.409. The molecule has 0 aromatic carbocycles. The summed E-state index contributed by atoms with van der Waals surface area (Å²) in [6.07, 6.45) is 5.14. The van der Waals surface area contributed by atoms with Crippen LogP contribution in [-0.4, -0.2) is 31.3 Å². The molecule has 0 fully saturated rings. The summed E-state index contributed by atoms with van der Waals surface area (Å²) in [5, 5.41) is 3.23. The second-order valence-corrected chi connectivity index (χ2v) is 3.22. The maximum atomic E-state index is 5.23. The summed E-state index contributed by atoms with van der Waals surface area (Å²) in [5.74, 6) is 1.40. The zero-order valence-electron chi connectivity index (χ0n) is 8.97. The average molecular weight is 219 g/mol. The second kappa shape index (κ2) is 4.61. The molecule has 1 aromatic heterocycles. The first-order valence-corrected chi connectivity index (χ1v) is 4.92. The van der Waals surface area contributed by atoms with E-state index in [1.54, 1.807) is 13.3 Å². The van der Waals surface area contributed by atoms with Crippen molar-refractivity contribution in [1.82, 2.24) is 4.98 Å². The van der Waals surface area contributed by atoms with Crippen LogP contribution in [0.1, 0.15) is 5.56 Å². The Labute approximate surface area is 93.3 Å². The SMILES string of the molecule is COc1cnc(N=CN=CN)c2c1CCN2. The fourth-order valence-corrected chi connectivity index (χ4v) is 1.67. The van der Waals surface area contributed by atoms with Crippen molar-refractivity contribution in [3.8, 4) is 5.75 Å². The number of aliphatic imine (C=N–C) groups is 2. The fourth-order valence-electron chi connectivity index (χ4n) is 1.67. The zero-order chi connectivity index (χ0) is 11.4. The summed E-state index contributed by atoms with van der Waals surface area (Å²) >= 11 is 0. The normalized spacial score (nSPS) is 14.3. The first-order valence-electron chi connectivity index (χ1n) is 4.92. The molecule has 0 aliphatic carbocycles. The van der Waals surface area contributed by atoms with E-state index in [9.17, 15) is 0 Å². The number of methoxy groups -OCH3 is 1. The van der Waals surface area contributed by atoms with Gasteiger partial charge in [-0.3, -0.25) is 0 Å². The molecule has 0 bridgehead atoms. The first-order chi connectivity index (χ1) is 7.86. The van der Waals surface area contributed by atoms with Gasteiger partial charge in [0, 0.05) is 12.1 Å². The molecule has 1 aliphatic heterocycles. The molecule has 0 spiro atoms. The number of aromatic nitrogens is 1. The molecule has 6 nitrogen and oxygen atoms in total. The van der Waals surface area contributed by atoms with Gasteiger partial charge >= 0.3 is 0 Å². The summed E-state index contributed by atoms with van der Waals surface area (Å²) in [5.41, 5.74) is 7.14. The van der Waals surface area contributed by atoms with Crippen molar-refractivity contribution in [2.24, 2.45) is 15.7 Å². The molecule has 1 aromatic rings. The molecular weight excluding hydrogens is 206 g/mol. The summed E-state index contributed by atoms with van der Waals surface area (Å²) < 4.78 is 5.23. The van der Waals surface area contributed by atoms with Crippen molar-refractivity contribution in [3.05, 3.63) is 11.8 Å². The van der Waals surface area contributed by atoms with E-state index in [-0.39, 0.29) is 0 Å². The Bertz CT molecular complexity index is 441. The van der Waals surface area contributed by atoms with Crippen molar-refractivity contribution in [3.63, 3.8) is 0 Å². The number of ether oxygens (including phenoxy) is 1. The molecule has 2 rings (SSSR count). The van der Waals surface area contributed by atoms with Gasteiger partial charge in [-0.15, -0.1) is 0 Å². The number of pyridine rings is 1. The van der Waals surface area contributed by atoms with E-state index in [1.165, 1.54) is 12.7 Å². The van der Waals surface area contributed by atoms with E-state index >= 15 is 0 Å². The zero-order valence-corrected chi connectivity index (χ0v) is 8.97. The van der Waals surface area contributed by atoms with Gasteiger partial charge in [0.05, 0.1) is 25.3 Å². The van der Waals surface area contributed by atoms with Crippen molar-refractivity contribution >= 4 is 24.2 Å². The molecule has 1 aliphatic rings. The Kier molecular flexibility index (Phi) is 3.00. The van der Waals surface area contributed by atoms with Crippen LogP contribution in [-0.2, 0) is 6.42 Å². The van der Waals surface area contributed by atoms with Gasteiger partial charge in [-0.05, 0) is 6.42 Å². The molecular formula is C10H13N5O. The molecule has 16 heavy (non-hydrogen) atoms. The van der Waals surface area contributed by atoms with E-state index in [0.717, 1.165) is 30.0 Å². The maximum absolute atomic E-state index is 5.23. The van der Waals surface area contributed by atoms with Gasteiger partial charge in [-0.2, -0.15) is 0 Å². The van der Waals surface area contributed by atoms with Crippen LogP contribution in [0.3, 0.4) is 0 Å². The third kappa shape index (κ3) is 1.81. The molecule has 0 saturated carbocycles. The highest BCUT2D eigenvalue weighted by atomic mass is 16.5. The van der Waals surface area contributed by atoms with Gasteiger partial charge in [-0.1, -0.05) is 0 Å². The van der Waals surface area contributed by atoms with Crippen LogP contribution in [0, 0.1) is 0 Å². The number of rotatable bonds is 3. The van der Waals surface area contributed by atoms with Gasteiger partial charge in [0.25, 0.3) is 0 Å². The number of hydrogen-bond acceptors (Lipinski definition) is 4. The summed E-state index contributed by atoms with van der Waals surface area (Å²) in [7, 11) is 1.64. The molecule has 6 heteroatoms. The van der Waals surface area contributed by atoms with Crippen LogP contribution in [0.2, 0.25) is 0 Å². The molecule has 0 atom stereocenters. The molecule has 3 N–H and O–H groups in total. The lowest BCUT2D eigenvalue weighted by Crippen LogP contribution is -1.93. The van der Waals surface area contributed by atoms with Crippen LogP contribution >= 0.6 is 0 Å². The Morgan fingerprint density at radius 1 is 1.62 bits per heavy atom. The van der Waals surface area contributed by atoms with Crippen molar-refractivity contribution in [2.75, 3.05) is 19.0 Å². The summed E-state index contributed by atoms with van der Waals surface area (Å²) in [6, 6.07) is 0. The largest absolute Gasteiger partial charge is 0.495 e. The highest BCUT2D eigenvalue weighted by molar-refractivity contribution is 5.77. The molecule has 0 unspecified atom stereocenters. The Morgan fingerprint density at radius 3 is 3.25 bits per heavy atom. The molecule has 0 amide bonds. The minimum absolute atomic E-state index is 0.610. The van der Waals surface area contributed by atoms with Crippen molar-refractivity contribution in [2.45, 2.75) is 6.42 Å². The average Bonchev–Trinajstić information content (AvgIpc) is 2.79. The lowest BCUT2D eigenvalue weighted by atomic mass is 10.2. The van der Waals surface area contributed by atoms with Gasteiger partial charge in [-0.25, -0.2) is 15.0 Å². The van der Waals surface area contributed by atoms with Gasteiger partial charge in [0.15, 0.2) is 5.82 Å². The van der Waals surface area contributed by atoms with Crippen molar-refractivity contribution < 1.29 is 4.74 Å². The van der Waals surface area contributed by atoms with Gasteiger partial charge in [0.2, 0.25) is 0 Å². The van der Waals surface area contributed by atoms with E-state index in [0.29, 0.717) is 5.82 Å². The molecule has 0 saturated heterocycles. The number of fused-ring (bicyclic) bond motifs is 1. The predicted octanol–water partition coefficient (Wildman–Crippen LogP) is 0.705. The summed E-state index contributed by atoms with van der Waals surface area (Å²) in [6.45, 7) is 0.875. The number of nitrogens with two attached hydrogens (primary N) is 1. The standard InChI is InChI=1S/C10H13N5O/c1-16-8-4-14-10(15-6-12-5-11)9-7(8)2-3-13-9/h4-6,13H,2-3H2,1H3,(H2,11,12,14,15). The quantitative estimate of drug-likeness (QED) is 0.579. The van der Waals surface area contributed by atoms with Crippen LogP contribution < -0.4 is 15.8 Å². The lowest BCUT2D eigenvalue weighted by Gasteiger charge is -2.07. The van der Waals surface area contributed by atoms with Crippen molar-refractivity contribution in [1.29, 1.82) is 0 Å². The van der Waals surface area contributed by atoms with Gasteiger partial charge in [0.1, 0.15) is 12.1 Å². The molecule has 0 radical (unpaired) electrons. The number of nitrogens with one attached hydrogen (secondary N) is 1. The second-order valence-electron chi connectivity index (χ2n) is 3.22. The first kappa shape index (κ1) is 10.4. The smallest absolute Gasteiger partial charge is 0.177 e. The molecule has 2 heterocycles. The minimum atomic E-state index is 0.610.